The van der Waals surface area contributed by atoms with E-state index in [0.717, 1.165) is 14.6 Å². The van der Waals surface area contributed by atoms with Crippen LogP contribution in [-0.4, -0.2) is 7.11 Å². The van der Waals surface area contributed by atoms with Gasteiger partial charge in [0, 0.05) is 10.5 Å². The van der Waals surface area contributed by atoms with Gasteiger partial charge in [0.25, 0.3) is 0 Å². The lowest BCUT2D eigenvalue weighted by atomic mass is 10.2. The van der Waals surface area contributed by atoms with Crippen molar-refractivity contribution in [3.63, 3.8) is 0 Å². The predicted molar refractivity (Wildman–Crippen MR) is 87.2 cm³/mol. The molecule has 0 heterocycles. The Morgan fingerprint density at radius 3 is 2.55 bits per heavy atom. The van der Waals surface area contributed by atoms with Gasteiger partial charge in [0.2, 0.25) is 0 Å². The number of rotatable bonds is 3. The van der Waals surface area contributed by atoms with Gasteiger partial charge in [-0.05, 0) is 56.1 Å². The van der Waals surface area contributed by atoms with Crippen LogP contribution in [0.1, 0.15) is 5.56 Å². The van der Waals surface area contributed by atoms with Crippen LogP contribution in [0.4, 0.5) is 17.1 Å². The van der Waals surface area contributed by atoms with Gasteiger partial charge in [-0.3, -0.25) is 0 Å². The molecule has 6 heteroatoms. The number of ether oxygens (including phenoxy) is 1. The highest BCUT2D eigenvalue weighted by Crippen LogP contribution is 2.37. The largest absolute Gasteiger partial charge is 0.495 e. The van der Waals surface area contributed by atoms with Crippen molar-refractivity contribution in [1.82, 2.24) is 0 Å². The number of nitrogens with two attached hydrogens (primary N) is 1. The summed E-state index contributed by atoms with van der Waals surface area (Å²) in [7, 11) is 1.60. The van der Waals surface area contributed by atoms with Gasteiger partial charge >= 0.3 is 0 Å². The van der Waals surface area contributed by atoms with Gasteiger partial charge in [0.15, 0.2) is 0 Å². The first-order valence-electron chi connectivity index (χ1n) is 5.65. The van der Waals surface area contributed by atoms with E-state index in [9.17, 15) is 0 Å². The van der Waals surface area contributed by atoms with E-state index in [4.69, 9.17) is 15.7 Å². The molecule has 0 unspecified atom stereocenters. The van der Waals surface area contributed by atoms with E-state index >= 15 is 0 Å². The van der Waals surface area contributed by atoms with Crippen LogP contribution in [-0.2, 0) is 0 Å². The van der Waals surface area contributed by atoms with Gasteiger partial charge in [0.1, 0.15) is 5.75 Å². The van der Waals surface area contributed by atoms with Crippen molar-refractivity contribution in [2.75, 3.05) is 18.2 Å². The summed E-state index contributed by atoms with van der Waals surface area (Å²) in [4.78, 5) is 0. The number of benzene rings is 2. The van der Waals surface area contributed by atoms with Gasteiger partial charge < -0.3 is 15.8 Å². The van der Waals surface area contributed by atoms with E-state index in [1.165, 1.54) is 0 Å². The summed E-state index contributed by atoms with van der Waals surface area (Å²) in [6, 6.07) is 10.9. The van der Waals surface area contributed by atoms with Gasteiger partial charge in [0.05, 0.1) is 40.3 Å². The Morgan fingerprint density at radius 1 is 1.15 bits per heavy atom. The second-order valence-corrected chi connectivity index (χ2v) is 5.71. The molecule has 0 amide bonds. The van der Waals surface area contributed by atoms with Gasteiger partial charge in [-0.15, -0.1) is 0 Å². The van der Waals surface area contributed by atoms with E-state index in [1.807, 2.05) is 12.1 Å². The summed E-state index contributed by atoms with van der Waals surface area (Å²) in [6.45, 7) is 0. The zero-order chi connectivity index (χ0) is 14.7. The molecule has 20 heavy (non-hydrogen) atoms. The number of nitrogens with zero attached hydrogens (tertiary/aromatic N) is 1. The second kappa shape index (κ2) is 6.16. The van der Waals surface area contributed by atoms with Crippen molar-refractivity contribution in [2.24, 2.45) is 0 Å². The fourth-order valence-corrected chi connectivity index (χ4v) is 2.92. The highest BCUT2D eigenvalue weighted by molar-refractivity contribution is 9.11. The van der Waals surface area contributed by atoms with Crippen molar-refractivity contribution >= 4 is 48.9 Å². The molecule has 3 N–H and O–H groups in total. The van der Waals surface area contributed by atoms with Crippen LogP contribution in [0.2, 0.25) is 0 Å². The minimum Gasteiger partial charge on any atom is -0.495 e. The number of hydrogen-bond donors (Lipinski definition) is 2. The van der Waals surface area contributed by atoms with E-state index in [-0.39, 0.29) is 0 Å². The third-order valence-electron chi connectivity index (χ3n) is 2.69. The molecular formula is C14H11Br2N3O. The molecule has 2 aromatic carbocycles. The highest BCUT2D eigenvalue weighted by Gasteiger charge is 2.09. The van der Waals surface area contributed by atoms with E-state index < -0.39 is 0 Å². The van der Waals surface area contributed by atoms with Crippen LogP contribution in [0.15, 0.2) is 39.3 Å². The fourth-order valence-electron chi connectivity index (χ4n) is 1.66. The Hall–Kier alpha value is -1.71. The lowest BCUT2D eigenvalue weighted by Crippen LogP contribution is -1.98. The summed E-state index contributed by atoms with van der Waals surface area (Å²) in [5.74, 6) is 0.700. The molecule has 4 nitrogen and oxygen atoms in total. The number of methoxy groups -OCH3 is 1. The van der Waals surface area contributed by atoms with Crippen LogP contribution < -0.4 is 15.8 Å². The molecule has 0 aliphatic rings. The van der Waals surface area contributed by atoms with Crippen LogP contribution in [0.3, 0.4) is 0 Å². The molecule has 2 aromatic rings. The highest BCUT2D eigenvalue weighted by atomic mass is 79.9. The van der Waals surface area contributed by atoms with Crippen molar-refractivity contribution < 1.29 is 4.74 Å². The molecule has 2 rings (SSSR count). The molecule has 0 radical (unpaired) electrons. The predicted octanol–water partition coefficient (Wildman–Crippen LogP) is 4.42. The van der Waals surface area contributed by atoms with Crippen molar-refractivity contribution in [3.8, 4) is 11.8 Å². The van der Waals surface area contributed by atoms with Crippen molar-refractivity contribution in [2.45, 2.75) is 0 Å². The summed E-state index contributed by atoms with van der Waals surface area (Å²) in [5.41, 5.74) is 8.50. The monoisotopic (exact) mass is 395 g/mol. The smallest absolute Gasteiger partial charge is 0.135 e. The number of hydrogen-bond acceptors (Lipinski definition) is 4. The zero-order valence-corrected chi connectivity index (χ0v) is 13.7. The van der Waals surface area contributed by atoms with Gasteiger partial charge in [-0.1, -0.05) is 0 Å². The molecule has 0 aromatic heterocycles. The average Bonchev–Trinajstić information content (AvgIpc) is 2.44. The minimum absolute atomic E-state index is 0.543. The third-order valence-corrected chi connectivity index (χ3v) is 3.97. The minimum atomic E-state index is 0.543. The number of anilines is 3. The number of nitrogen functional groups attached to an aromatic ring is 1. The zero-order valence-electron chi connectivity index (χ0n) is 10.6. The lowest BCUT2D eigenvalue weighted by Gasteiger charge is -2.13. The maximum atomic E-state index is 8.94. The van der Waals surface area contributed by atoms with Crippen LogP contribution >= 0.6 is 31.9 Å². The number of nitriles is 1. The molecule has 0 bridgehead atoms. The Morgan fingerprint density at radius 2 is 1.90 bits per heavy atom. The fraction of sp³-hybridized carbons (Fsp3) is 0.0714. The molecule has 0 aliphatic carbocycles. The molecule has 0 aliphatic heterocycles. The molecule has 102 valence electrons. The summed E-state index contributed by atoms with van der Waals surface area (Å²) in [5, 5.41) is 12.1. The number of halogens is 2. The quantitative estimate of drug-likeness (QED) is 0.753. The first-order chi connectivity index (χ1) is 9.55. The summed E-state index contributed by atoms with van der Waals surface area (Å²) < 4.78 is 6.96. The van der Waals surface area contributed by atoms with E-state index in [0.29, 0.717) is 22.7 Å². The van der Waals surface area contributed by atoms with E-state index in [2.05, 4.69) is 43.2 Å². The maximum absolute atomic E-state index is 8.94. The Kier molecular flexibility index (Phi) is 4.53. The normalized spacial score (nSPS) is 9.90. The maximum Gasteiger partial charge on any atom is 0.135 e. The van der Waals surface area contributed by atoms with Gasteiger partial charge in [-0.2, -0.15) is 5.26 Å². The van der Waals surface area contributed by atoms with Crippen LogP contribution in [0.5, 0.6) is 5.75 Å². The molecule has 0 saturated carbocycles. The van der Waals surface area contributed by atoms with Crippen molar-refractivity contribution in [1.29, 1.82) is 5.26 Å². The average molecular weight is 397 g/mol. The Bertz CT molecular complexity index is 696. The van der Waals surface area contributed by atoms with Crippen LogP contribution in [0, 0.1) is 11.3 Å². The third kappa shape index (κ3) is 3.06. The topological polar surface area (TPSA) is 71.1 Å². The Labute approximate surface area is 133 Å². The first kappa shape index (κ1) is 14.7. The standard InChI is InChI=1S/C14H11Br2N3O/c1-20-14-6-12(9(15)5-10(14)16)19-13-4-8(7-17)2-3-11(13)18/h2-6,19H,18H2,1H3. The Balaban J connectivity index is 2.42. The molecule has 0 atom stereocenters. The molecule has 0 spiro atoms. The summed E-state index contributed by atoms with van der Waals surface area (Å²) >= 11 is 6.89. The lowest BCUT2D eigenvalue weighted by molar-refractivity contribution is 0.412. The van der Waals surface area contributed by atoms with Crippen LogP contribution in [0.25, 0.3) is 0 Å². The summed E-state index contributed by atoms with van der Waals surface area (Å²) in [6.07, 6.45) is 0. The SMILES string of the molecule is COc1cc(Nc2cc(C#N)ccc2N)c(Br)cc1Br. The second-order valence-electron chi connectivity index (χ2n) is 4.01. The molecule has 0 fully saturated rings. The molecular weight excluding hydrogens is 386 g/mol. The van der Waals surface area contributed by atoms with Gasteiger partial charge in [-0.25, -0.2) is 0 Å². The first-order valence-corrected chi connectivity index (χ1v) is 7.23. The molecule has 0 saturated heterocycles. The van der Waals surface area contributed by atoms with E-state index in [1.54, 1.807) is 25.3 Å². The number of nitrogens with one attached hydrogen (secondary N) is 1. The van der Waals surface area contributed by atoms with Crippen molar-refractivity contribution in [3.05, 3.63) is 44.8 Å².